The monoisotopic (exact) mass is 823 g/mol. The number of hydrogen-bond acceptors (Lipinski definition) is 6. The molecule has 0 aliphatic rings. The number of carbonyl (C=O) groups is 3. The van der Waals surface area contributed by atoms with Gasteiger partial charge in [0.05, 0.1) is 0 Å². The summed E-state index contributed by atoms with van der Waals surface area (Å²) in [6.45, 7) is 6.40. The Hall–Kier alpha value is -3.15. The van der Waals surface area contributed by atoms with Crippen molar-refractivity contribution in [2.75, 3.05) is 13.2 Å². The molecule has 1 atom stereocenters. The highest BCUT2D eigenvalue weighted by atomic mass is 16.6. The molecule has 0 aliphatic carbocycles. The molecule has 0 radical (unpaired) electrons. The molecule has 0 aromatic carbocycles. The first-order chi connectivity index (χ1) is 29.0. The van der Waals surface area contributed by atoms with E-state index in [9.17, 15) is 14.4 Å². The van der Waals surface area contributed by atoms with Crippen molar-refractivity contribution in [2.45, 2.75) is 232 Å². The molecule has 0 aliphatic heterocycles. The molecule has 0 aromatic rings. The molecule has 59 heavy (non-hydrogen) atoms. The van der Waals surface area contributed by atoms with Crippen LogP contribution in [0.1, 0.15) is 226 Å². The highest BCUT2D eigenvalue weighted by molar-refractivity contribution is 5.71. The zero-order chi connectivity index (χ0) is 43.0. The van der Waals surface area contributed by atoms with Crippen LogP contribution in [0.15, 0.2) is 72.9 Å². The fourth-order valence-corrected chi connectivity index (χ4v) is 6.62. The van der Waals surface area contributed by atoms with Crippen molar-refractivity contribution < 1.29 is 28.6 Å². The first-order valence-corrected chi connectivity index (χ1v) is 24.5. The summed E-state index contributed by atoms with van der Waals surface area (Å²) in [6, 6.07) is 0. The molecule has 0 heterocycles. The lowest BCUT2D eigenvalue weighted by atomic mass is 10.0. The van der Waals surface area contributed by atoms with E-state index in [1.165, 1.54) is 116 Å². The van der Waals surface area contributed by atoms with Gasteiger partial charge < -0.3 is 14.2 Å². The SMILES string of the molecule is CC/C=C/C=C/C=C/C=C/CCCCCC(=O)OC(COC(=O)CC/C=C/C/C=C/CCCCCCCC)COC(=O)CCCCCCCCCCCCCCCCC. The molecule has 0 N–H and O–H groups in total. The maximum absolute atomic E-state index is 12.7. The van der Waals surface area contributed by atoms with E-state index in [1.54, 1.807) is 0 Å². The molecule has 0 fully saturated rings. The van der Waals surface area contributed by atoms with E-state index in [1.807, 2.05) is 42.5 Å². The third-order valence-electron chi connectivity index (χ3n) is 10.3. The van der Waals surface area contributed by atoms with Crippen LogP contribution in [-0.2, 0) is 28.6 Å². The van der Waals surface area contributed by atoms with Gasteiger partial charge in [-0.1, -0.05) is 222 Å². The minimum absolute atomic E-state index is 0.107. The topological polar surface area (TPSA) is 78.9 Å². The lowest BCUT2D eigenvalue weighted by Crippen LogP contribution is -2.30. The first kappa shape index (κ1) is 55.9. The summed E-state index contributed by atoms with van der Waals surface area (Å²) < 4.78 is 16.7. The van der Waals surface area contributed by atoms with E-state index in [2.05, 4.69) is 51.2 Å². The van der Waals surface area contributed by atoms with Crippen molar-refractivity contribution >= 4 is 17.9 Å². The number of rotatable bonds is 43. The molecule has 0 amide bonds. The predicted molar refractivity (Wildman–Crippen MR) is 251 cm³/mol. The van der Waals surface area contributed by atoms with Gasteiger partial charge in [0.1, 0.15) is 13.2 Å². The summed E-state index contributed by atoms with van der Waals surface area (Å²) in [6.07, 6.45) is 59.0. The fourth-order valence-electron chi connectivity index (χ4n) is 6.62. The Morgan fingerprint density at radius 3 is 1.29 bits per heavy atom. The Bertz CT molecular complexity index is 1130. The quantitative estimate of drug-likeness (QED) is 0.0200. The molecule has 338 valence electrons. The van der Waals surface area contributed by atoms with Crippen LogP contribution in [0.3, 0.4) is 0 Å². The normalized spacial score (nSPS) is 12.7. The smallest absolute Gasteiger partial charge is 0.306 e. The van der Waals surface area contributed by atoms with Gasteiger partial charge in [-0.05, 0) is 57.8 Å². The van der Waals surface area contributed by atoms with Gasteiger partial charge in [-0.25, -0.2) is 0 Å². The second-order valence-electron chi connectivity index (χ2n) is 16.1. The van der Waals surface area contributed by atoms with Crippen LogP contribution in [0, 0.1) is 0 Å². The lowest BCUT2D eigenvalue weighted by Gasteiger charge is -2.18. The zero-order valence-corrected chi connectivity index (χ0v) is 38.5. The van der Waals surface area contributed by atoms with Crippen molar-refractivity contribution in [1.29, 1.82) is 0 Å². The second-order valence-corrected chi connectivity index (χ2v) is 16.1. The molecule has 0 aromatic heterocycles. The highest BCUT2D eigenvalue weighted by Crippen LogP contribution is 2.15. The van der Waals surface area contributed by atoms with Crippen molar-refractivity contribution in [3.05, 3.63) is 72.9 Å². The van der Waals surface area contributed by atoms with Crippen LogP contribution in [0.25, 0.3) is 0 Å². The van der Waals surface area contributed by atoms with Gasteiger partial charge in [-0.15, -0.1) is 0 Å². The first-order valence-electron chi connectivity index (χ1n) is 24.5. The predicted octanol–water partition coefficient (Wildman–Crippen LogP) is 15.9. The van der Waals surface area contributed by atoms with E-state index in [-0.39, 0.29) is 44.0 Å². The molecule has 0 saturated heterocycles. The van der Waals surface area contributed by atoms with Crippen LogP contribution in [0.2, 0.25) is 0 Å². The highest BCUT2D eigenvalue weighted by Gasteiger charge is 2.19. The number of carbonyl (C=O) groups excluding carboxylic acids is 3. The maximum atomic E-state index is 12.7. The van der Waals surface area contributed by atoms with Gasteiger partial charge in [0.2, 0.25) is 0 Å². The minimum atomic E-state index is -0.815. The fraction of sp³-hybridized carbons (Fsp3) is 0.717. The standard InChI is InChI=1S/C53H90O6/c1-4-7-10-13-16-19-22-25-26-29-31-34-37-40-43-46-52(55)58-49-50(59-53(56)47-44-41-38-35-32-28-24-21-18-15-12-9-6-3)48-57-51(54)45-42-39-36-33-30-27-23-20-17-14-11-8-5-2/h9,12,15,18,21,24,27-28,30,32,36,39,50H,4-8,10-11,13-14,16-17,19-20,22-23,25-26,29,31,33-35,37-38,40-49H2,1-3H3/b12-9+,18-15+,24-21+,30-27+,32-28+,39-36+. The van der Waals surface area contributed by atoms with E-state index in [4.69, 9.17) is 14.2 Å². The zero-order valence-electron chi connectivity index (χ0n) is 38.5. The number of allylic oxidation sites excluding steroid dienone is 12. The van der Waals surface area contributed by atoms with E-state index in [0.29, 0.717) is 19.3 Å². The Kier molecular flexibility index (Phi) is 45.0. The van der Waals surface area contributed by atoms with Gasteiger partial charge in [-0.3, -0.25) is 14.4 Å². The van der Waals surface area contributed by atoms with E-state index < -0.39 is 6.10 Å². The van der Waals surface area contributed by atoms with Crippen LogP contribution >= 0.6 is 0 Å². The van der Waals surface area contributed by atoms with Crippen LogP contribution in [0.4, 0.5) is 0 Å². The Labute approximate surface area is 363 Å². The number of unbranched alkanes of at least 4 members (excludes halogenated alkanes) is 23. The third-order valence-corrected chi connectivity index (χ3v) is 10.3. The van der Waals surface area contributed by atoms with Crippen LogP contribution < -0.4 is 0 Å². The number of esters is 3. The van der Waals surface area contributed by atoms with E-state index in [0.717, 1.165) is 57.8 Å². The molecule has 0 rings (SSSR count). The maximum Gasteiger partial charge on any atom is 0.306 e. The van der Waals surface area contributed by atoms with Gasteiger partial charge in [0, 0.05) is 19.3 Å². The minimum Gasteiger partial charge on any atom is -0.462 e. The Balaban J connectivity index is 4.49. The van der Waals surface area contributed by atoms with Gasteiger partial charge in [0.15, 0.2) is 6.10 Å². The average Bonchev–Trinajstić information content (AvgIpc) is 3.23. The lowest BCUT2D eigenvalue weighted by molar-refractivity contribution is -0.166. The van der Waals surface area contributed by atoms with Crippen molar-refractivity contribution in [3.63, 3.8) is 0 Å². The molecule has 6 nitrogen and oxygen atoms in total. The summed E-state index contributed by atoms with van der Waals surface area (Å²) in [4.78, 5) is 37.8. The second kappa shape index (κ2) is 47.5. The molecule has 6 heteroatoms. The largest absolute Gasteiger partial charge is 0.462 e. The van der Waals surface area contributed by atoms with Gasteiger partial charge in [-0.2, -0.15) is 0 Å². The summed E-state index contributed by atoms with van der Waals surface area (Å²) in [5, 5.41) is 0. The Morgan fingerprint density at radius 2 is 0.763 bits per heavy atom. The summed E-state index contributed by atoms with van der Waals surface area (Å²) in [7, 11) is 0. The number of ether oxygens (including phenoxy) is 3. The average molecular weight is 823 g/mol. The molecular formula is C53H90O6. The summed E-state index contributed by atoms with van der Waals surface area (Å²) in [5.41, 5.74) is 0. The molecule has 0 spiro atoms. The molecule has 1 unspecified atom stereocenters. The molecule has 0 saturated carbocycles. The number of hydrogen-bond donors (Lipinski definition) is 0. The summed E-state index contributed by atoms with van der Waals surface area (Å²) in [5.74, 6) is -1.02. The van der Waals surface area contributed by atoms with Crippen LogP contribution in [0.5, 0.6) is 0 Å². The van der Waals surface area contributed by atoms with Crippen molar-refractivity contribution in [3.8, 4) is 0 Å². The van der Waals surface area contributed by atoms with Crippen molar-refractivity contribution in [1.82, 2.24) is 0 Å². The van der Waals surface area contributed by atoms with Gasteiger partial charge >= 0.3 is 17.9 Å². The van der Waals surface area contributed by atoms with Crippen molar-refractivity contribution in [2.24, 2.45) is 0 Å². The molecular weight excluding hydrogens is 733 g/mol. The van der Waals surface area contributed by atoms with Crippen LogP contribution in [-0.4, -0.2) is 37.2 Å². The van der Waals surface area contributed by atoms with Gasteiger partial charge in [0.25, 0.3) is 0 Å². The third kappa shape index (κ3) is 45.8. The Morgan fingerprint density at radius 1 is 0.373 bits per heavy atom. The summed E-state index contributed by atoms with van der Waals surface area (Å²) >= 11 is 0. The van der Waals surface area contributed by atoms with E-state index >= 15 is 0 Å². The molecule has 0 bridgehead atoms.